The number of carbonyl (C=O) groups is 2. The molecule has 3 saturated heterocycles. The van der Waals surface area contributed by atoms with Gasteiger partial charge in [-0.2, -0.15) is 0 Å². The number of fused-ring (bicyclic) bond motifs is 3. The average Bonchev–Trinajstić information content (AvgIpc) is 3.11. The second-order valence-corrected chi connectivity index (χ2v) is 11.0. The Balaban J connectivity index is 1.29. The van der Waals surface area contributed by atoms with Crippen molar-refractivity contribution in [2.24, 2.45) is 5.92 Å². The predicted molar refractivity (Wildman–Crippen MR) is 133 cm³/mol. The van der Waals surface area contributed by atoms with Crippen LogP contribution in [0.15, 0.2) is 48.5 Å². The van der Waals surface area contributed by atoms with Crippen molar-refractivity contribution in [1.82, 2.24) is 0 Å². The molecule has 4 fully saturated rings. The van der Waals surface area contributed by atoms with Crippen LogP contribution in [0.2, 0.25) is 0 Å². The zero-order valence-electron chi connectivity index (χ0n) is 20.7. The van der Waals surface area contributed by atoms with Gasteiger partial charge in [0.2, 0.25) is 0 Å². The maximum absolute atomic E-state index is 13.9. The fourth-order valence-corrected chi connectivity index (χ4v) is 6.66. The summed E-state index contributed by atoms with van der Waals surface area (Å²) in [4.78, 5) is 26.7. The molecule has 2 bridgehead atoms. The van der Waals surface area contributed by atoms with E-state index in [2.05, 4.69) is 17.4 Å². The van der Waals surface area contributed by atoms with E-state index in [4.69, 9.17) is 4.74 Å². The number of quaternary nitrogens is 1. The summed E-state index contributed by atoms with van der Waals surface area (Å²) in [6.45, 7) is 2.48. The van der Waals surface area contributed by atoms with Gasteiger partial charge in [0.1, 0.15) is 18.2 Å². The van der Waals surface area contributed by atoms with E-state index in [1.807, 2.05) is 18.2 Å². The van der Waals surface area contributed by atoms with Gasteiger partial charge in [0.05, 0.1) is 18.5 Å². The number of carbonyl (C=O) groups excluding carboxylic acids is 2. The number of hydrogen-bond acceptors (Lipinski definition) is 3. The molecule has 1 aliphatic carbocycles. The second-order valence-electron chi connectivity index (χ2n) is 11.0. The molecule has 0 unspecified atom stereocenters. The van der Waals surface area contributed by atoms with Gasteiger partial charge in [-0.25, -0.2) is 8.78 Å². The highest BCUT2D eigenvalue weighted by molar-refractivity contribution is 5.91. The minimum absolute atomic E-state index is 0.115. The first-order chi connectivity index (χ1) is 17.4. The smallest absolute Gasteiger partial charge is 0.317 e. The molecule has 5 nitrogen and oxygen atoms in total. The SMILES string of the molecule is O=C(C[N+]12CCC(CC1)[C@@H](OC(=O)C1(c3ccccc3)CCCCCC1)C2)Nc1cc(F)cc(F)c1. The number of benzene rings is 2. The molecule has 0 radical (unpaired) electrons. The molecule has 1 amide bonds. The van der Waals surface area contributed by atoms with Crippen molar-refractivity contribution >= 4 is 17.6 Å². The normalized spacial score (nSPS) is 27.2. The summed E-state index contributed by atoms with van der Waals surface area (Å²) in [7, 11) is 0. The molecule has 7 heteroatoms. The van der Waals surface area contributed by atoms with E-state index in [1.54, 1.807) is 0 Å². The Morgan fingerprint density at radius 1 is 0.944 bits per heavy atom. The first kappa shape index (κ1) is 24.9. The van der Waals surface area contributed by atoms with Gasteiger partial charge in [0.15, 0.2) is 12.6 Å². The molecule has 1 N–H and O–H groups in total. The summed E-state index contributed by atoms with van der Waals surface area (Å²) in [5, 5.41) is 2.65. The first-order valence-electron chi connectivity index (χ1n) is 13.3. The number of anilines is 1. The molecule has 2 aromatic rings. The quantitative estimate of drug-likeness (QED) is 0.333. The van der Waals surface area contributed by atoms with E-state index in [0.29, 0.717) is 16.9 Å². The van der Waals surface area contributed by atoms with Crippen molar-refractivity contribution in [3.8, 4) is 0 Å². The highest BCUT2D eigenvalue weighted by atomic mass is 19.1. The standard InChI is InChI=1S/C29H34F2N2O3/c30-23-16-24(31)18-25(17-23)32-27(34)20-33-14-10-21(11-15-33)26(19-33)36-28(35)29(12-6-1-2-7-13-29)22-8-4-3-5-9-22/h3-5,8-9,16-18,21,26H,1-2,6-7,10-15,19-20H2/p+1/t21?,26-,33?/m0/s1. The maximum Gasteiger partial charge on any atom is 0.317 e. The van der Waals surface area contributed by atoms with E-state index in [9.17, 15) is 18.4 Å². The number of nitrogens with zero attached hydrogens (tertiary/aromatic N) is 1. The zero-order valence-corrected chi connectivity index (χ0v) is 20.7. The number of halogens is 2. The van der Waals surface area contributed by atoms with Gasteiger partial charge in [-0.05, 0) is 30.5 Å². The molecule has 3 aliphatic heterocycles. The fraction of sp³-hybridized carbons (Fsp3) is 0.517. The van der Waals surface area contributed by atoms with Gasteiger partial charge in [-0.3, -0.25) is 9.59 Å². The number of piperidine rings is 3. The maximum atomic E-state index is 13.9. The molecule has 0 spiro atoms. The molecule has 192 valence electrons. The molecule has 4 aliphatic rings. The van der Waals surface area contributed by atoms with Gasteiger partial charge in [-0.1, -0.05) is 56.0 Å². The van der Waals surface area contributed by atoms with Crippen LogP contribution in [-0.4, -0.2) is 48.6 Å². The fourth-order valence-electron chi connectivity index (χ4n) is 6.66. The van der Waals surface area contributed by atoms with E-state index in [-0.39, 0.29) is 30.2 Å². The van der Waals surface area contributed by atoms with Crippen LogP contribution in [0.4, 0.5) is 14.5 Å². The van der Waals surface area contributed by atoms with Crippen LogP contribution in [0, 0.1) is 17.6 Å². The number of ether oxygens (including phenoxy) is 1. The Labute approximate surface area is 211 Å². The van der Waals surface area contributed by atoms with Crippen molar-refractivity contribution in [2.45, 2.75) is 62.9 Å². The number of hydrogen-bond donors (Lipinski definition) is 1. The minimum atomic E-state index is -0.728. The molecule has 36 heavy (non-hydrogen) atoms. The minimum Gasteiger partial charge on any atom is -0.455 e. The van der Waals surface area contributed by atoms with Crippen LogP contribution in [0.25, 0.3) is 0 Å². The van der Waals surface area contributed by atoms with Crippen LogP contribution in [0.5, 0.6) is 0 Å². The van der Waals surface area contributed by atoms with Crippen molar-refractivity contribution < 1.29 is 27.6 Å². The lowest BCUT2D eigenvalue weighted by Crippen LogP contribution is -2.66. The monoisotopic (exact) mass is 497 g/mol. The molecule has 1 atom stereocenters. The van der Waals surface area contributed by atoms with E-state index in [1.165, 1.54) is 0 Å². The third-order valence-corrected chi connectivity index (χ3v) is 8.60. The van der Waals surface area contributed by atoms with Crippen LogP contribution >= 0.6 is 0 Å². The zero-order chi connectivity index (χ0) is 25.2. The Kier molecular flexibility index (Phi) is 7.11. The Bertz CT molecular complexity index is 1070. The Hall–Kier alpha value is -2.80. The molecule has 6 rings (SSSR count). The van der Waals surface area contributed by atoms with Crippen molar-refractivity contribution in [2.75, 3.05) is 31.5 Å². The lowest BCUT2D eigenvalue weighted by atomic mass is 9.74. The topological polar surface area (TPSA) is 55.4 Å². The van der Waals surface area contributed by atoms with Gasteiger partial charge in [0, 0.05) is 30.5 Å². The highest BCUT2D eigenvalue weighted by Crippen LogP contribution is 2.42. The predicted octanol–water partition coefficient (Wildman–Crippen LogP) is 5.35. The molecular formula is C29H35F2N2O3+. The summed E-state index contributed by atoms with van der Waals surface area (Å²) in [5.74, 6) is -1.54. The van der Waals surface area contributed by atoms with Crippen LogP contribution in [0.1, 0.15) is 56.9 Å². The lowest BCUT2D eigenvalue weighted by molar-refractivity contribution is -0.939. The van der Waals surface area contributed by atoms with Gasteiger partial charge >= 0.3 is 5.97 Å². The Morgan fingerprint density at radius 3 is 2.22 bits per heavy atom. The summed E-state index contributed by atoms with van der Waals surface area (Å²) in [6.07, 6.45) is 7.49. The molecule has 2 aromatic carbocycles. The molecular weight excluding hydrogens is 462 g/mol. The summed E-state index contributed by atoms with van der Waals surface area (Å²) >= 11 is 0. The summed E-state index contributed by atoms with van der Waals surface area (Å²) in [6, 6.07) is 13.1. The number of rotatable bonds is 6. The second kappa shape index (κ2) is 10.3. The van der Waals surface area contributed by atoms with E-state index < -0.39 is 17.0 Å². The molecule has 3 heterocycles. The van der Waals surface area contributed by atoms with Gasteiger partial charge < -0.3 is 14.5 Å². The van der Waals surface area contributed by atoms with Crippen LogP contribution < -0.4 is 5.32 Å². The van der Waals surface area contributed by atoms with Crippen molar-refractivity contribution in [1.29, 1.82) is 0 Å². The van der Waals surface area contributed by atoms with Crippen LogP contribution in [0.3, 0.4) is 0 Å². The van der Waals surface area contributed by atoms with Gasteiger partial charge in [-0.15, -0.1) is 0 Å². The van der Waals surface area contributed by atoms with Crippen molar-refractivity contribution in [3.05, 3.63) is 65.7 Å². The third kappa shape index (κ3) is 5.17. The Morgan fingerprint density at radius 2 is 1.58 bits per heavy atom. The average molecular weight is 498 g/mol. The summed E-state index contributed by atoms with van der Waals surface area (Å²) in [5.41, 5.74) is 0.556. The van der Waals surface area contributed by atoms with E-state index in [0.717, 1.165) is 88.2 Å². The first-order valence-corrected chi connectivity index (χ1v) is 13.3. The highest BCUT2D eigenvalue weighted by Gasteiger charge is 2.51. The number of esters is 1. The van der Waals surface area contributed by atoms with Crippen LogP contribution in [-0.2, 0) is 19.7 Å². The largest absolute Gasteiger partial charge is 0.455 e. The molecule has 0 aromatic heterocycles. The van der Waals surface area contributed by atoms with Gasteiger partial charge in [0.25, 0.3) is 5.91 Å². The third-order valence-electron chi connectivity index (χ3n) is 8.60. The lowest BCUT2D eigenvalue weighted by Gasteiger charge is -2.52. The number of amides is 1. The number of nitrogens with one attached hydrogen (secondary N) is 1. The molecule has 1 saturated carbocycles. The van der Waals surface area contributed by atoms with Crippen molar-refractivity contribution in [3.63, 3.8) is 0 Å². The summed E-state index contributed by atoms with van der Waals surface area (Å²) < 4.78 is 34.0. The van der Waals surface area contributed by atoms with E-state index >= 15 is 0 Å².